The van der Waals surface area contributed by atoms with Gasteiger partial charge in [-0.05, 0) is 33.3 Å². The van der Waals surface area contributed by atoms with E-state index in [4.69, 9.17) is 4.74 Å². The van der Waals surface area contributed by atoms with Crippen LogP contribution >= 0.6 is 0 Å². The van der Waals surface area contributed by atoms with Gasteiger partial charge in [-0.25, -0.2) is 0 Å². The van der Waals surface area contributed by atoms with Gasteiger partial charge in [0.2, 0.25) is 6.54 Å². The molecular weight excluding hydrogens is 286 g/mol. The largest absolute Gasteiger partial charge is 0.459 e. The first-order valence-corrected chi connectivity index (χ1v) is 7.02. The molecular formula is C16H21NO5. The first kappa shape index (κ1) is 17.8. The molecule has 1 aromatic carbocycles. The van der Waals surface area contributed by atoms with Crippen LogP contribution in [0.5, 0.6) is 0 Å². The average Bonchev–Trinajstić information content (AvgIpc) is 2.35. The molecule has 0 saturated heterocycles. The lowest BCUT2D eigenvalue weighted by atomic mass is 9.83. The predicted octanol–water partition coefficient (Wildman–Crippen LogP) is 2.59. The molecule has 0 aliphatic carbocycles. The molecule has 6 nitrogen and oxygen atoms in total. The summed E-state index contributed by atoms with van der Waals surface area (Å²) in [6.45, 7) is 5.81. The van der Waals surface area contributed by atoms with Crippen LogP contribution in [0.3, 0.4) is 0 Å². The van der Waals surface area contributed by atoms with E-state index in [0.717, 1.165) is 0 Å². The molecule has 120 valence electrons. The van der Waals surface area contributed by atoms with E-state index in [2.05, 4.69) is 0 Å². The molecule has 0 N–H and O–H groups in total. The van der Waals surface area contributed by atoms with Gasteiger partial charge in [0.05, 0.1) is 5.92 Å². The standard InChI is InChI=1S/C16H21NO5/c1-11(18)14(15(19)22-16(2,3)4)13(10-17(20)21)12-8-6-5-7-9-12/h5-9,13-14H,10H2,1-4H3. The number of carbonyl (C=O) groups is 2. The van der Waals surface area contributed by atoms with Crippen molar-refractivity contribution in [2.45, 2.75) is 39.2 Å². The molecule has 0 heterocycles. The molecule has 6 heteroatoms. The number of rotatable bonds is 6. The minimum Gasteiger partial charge on any atom is -0.459 e. The molecule has 0 aliphatic rings. The Balaban J connectivity index is 3.19. The highest BCUT2D eigenvalue weighted by Crippen LogP contribution is 2.28. The van der Waals surface area contributed by atoms with Crippen molar-refractivity contribution in [3.8, 4) is 0 Å². The quantitative estimate of drug-likeness (QED) is 0.349. The maximum absolute atomic E-state index is 12.3. The number of ketones is 1. The first-order valence-electron chi connectivity index (χ1n) is 7.02. The number of nitro groups is 1. The Kier molecular flexibility index (Phi) is 5.79. The molecule has 0 radical (unpaired) electrons. The number of carbonyl (C=O) groups excluding carboxylic acids is 2. The Morgan fingerprint density at radius 3 is 2.18 bits per heavy atom. The molecule has 0 amide bonds. The van der Waals surface area contributed by atoms with Gasteiger partial charge in [0.25, 0.3) is 0 Å². The highest BCUT2D eigenvalue weighted by Gasteiger charge is 2.39. The number of ether oxygens (including phenoxy) is 1. The summed E-state index contributed by atoms with van der Waals surface area (Å²) in [5, 5.41) is 11.0. The molecule has 1 rings (SSSR count). The van der Waals surface area contributed by atoms with Crippen molar-refractivity contribution in [1.82, 2.24) is 0 Å². The third-order valence-corrected chi connectivity index (χ3v) is 3.07. The molecule has 0 saturated carbocycles. The van der Waals surface area contributed by atoms with E-state index in [1.807, 2.05) is 0 Å². The second-order valence-electron chi connectivity index (χ2n) is 6.15. The highest BCUT2D eigenvalue weighted by molar-refractivity contribution is 5.99. The molecule has 1 aromatic rings. The van der Waals surface area contributed by atoms with E-state index in [1.54, 1.807) is 51.1 Å². The smallest absolute Gasteiger partial charge is 0.317 e. The van der Waals surface area contributed by atoms with Crippen molar-refractivity contribution in [1.29, 1.82) is 0 Å². The van der Waals surface area contributed by atoms with Crippen molar-refractivity contribution in [3.05, 3.63) is 46.0 Å². The Morgan fingerprint density at radius 2 is 1.77 bits per heavy atom. The Hall–Kier alpha value is -2.24. The van der Waals surface area contributed by atoms with Crippen LogP contribution in [0, 0.1) is 16.0 Å². The van der Waals surface area contributed by atoms with Gasteiger partial charge in [0.15, 0.2) is 0 Å². The van der Waals surface area contributed by atoms with Crippen molar-refractivity contribution in [2.24, 2.45) is 5.92 Å². The van der Waals surface area contributed by atoms with Crippen LogP contribution in [0.15, 0.2) is 30.3 Å². The van der Waals surface area contributed by atoms with Crippen LogP contribution in [-0.2, 0) is 14.3 Å². The summed E-state index contributed by atoms with van der Waals surface area (Å²) in [4.78, 5) is 34.7. The highest BCUT2D eigenvalue weighted by atomic mass is 16.6. The average molecular weight is 307 g/mol. The van der Waals surface area contributed by atoms with Crippen LogP contribution < -0.4 is 0 Å². The van der Waals surface area contributed by atoms with Crippen LogP contribution in [0.25, 0.3) is 0 Å². The summed E-state index contributed by atoms with van der Waals surface area (Å²) in [5.74, 6) is -3.20. The lowest BCUT2D eigenvalue weighted by Crippen LogP contribution is -2.37. The van der Waals surface area contributed by atoms with Gasteiger partial charge in [0, 0.05) is 4.92 Å². The molecule has 0 fully saturated rings. The van der Waals surface area contributed by atoms with Crippen LogP contribution in [0.2, 0.25) is 0 Å². The summed E-state index contributed by atoms with van der Waals surface area (Å²) < 4.78 is 5.26. The lowest BCUT2D eigenvalue weighted by Gasteiger charge is -2.26. The van der Waals surface area contributed by atoms with Crippen molar-refractivity contribution >= 4 is 11.8 Å². The van der Waals surface area contributed by atoms with E-state index in [9.17, 15) is 19.7 Å². The van der Waals surface area contributed by atoms with Crippen LogP contribution in [-0.4, -0.2) is 28.8 Å². The molecule has 0 aliphatic heterocycles. The molecule has 22 heavy (non-hydrogen) atoms. The molecule has 2 unspecified atom stereocenters. The Bertz CT molecular complexity index is 547. The molecule has 2 atom stereocenters. The zero-order valence-corrected chi connectivity index (χ0v) is 13.2. The van der Waals surface area contributed by atoms with Gasteiger partial charge < -0.3 is 4.74 Å². The fraction of sp³-hybridized carbons (Fsp3) is 0.500. The van der Waals surface area contributed by atoms with Crippen LogP contribution in [0.1, 0.15) is 39.2 Å². The van der Waals surface area contributed by atoms with Gasteiger partial charge in [-0.15, -0.1) is 0 Å². The fourth-order valence-corrected chi connectivity index (χ4v) is 2.24. The Labute approximate surface area is 129 Å². The first-order chi connectivity index (χ1) is 10.1. The van der Waals surface area contributed by atoms with E-state index in [0.29, 0.717) is 5.56 Å². The van der Waals surface area contributed by atoms with Crippen molar-refractivity contribution < 1.29 is 19.2 Å². The molecule has 0 aromatic heterocycles. The monoisotopic (exact) mass is 307 g/mol. The van der Waals surface area contributed by atoms with Gasteiger partial charge >= 0.3 is 5.97 Å². The van der Waals surface area contributed by atoms with Gasteiger partial charge in [-0.2, -0.15) is 0 Å². The molecule has 0 bridgehead atoms. The maximum atomic E-state index is 12.3. The number of hydrogen-bond donors (Lipinski definition) is 0. The van der Waals surface area contributed by atoms with Crippen molar-refractivity contribution in [2.75, 3.05) is 6.54 Å². The number of Topliss-reactive ketones (excluding diaryl/α,β-unsaturated/α-hetero) is 1. The normalized spacial score (nSPS) is 14.0. The topological polar surface area (TPSA) is 86.5 Å². The molecule has 0 spiro atoms. The van der Waals surface area contributed by atoms with Gasteiger partial charge in [-0.1, -0.05) is 30.3 Å². The fourth-order valence-electron chi connectivity index (χ4n) is 2.24. The number of hydrogen-bond acceptors (Lipinski definition) is 5. The number of benzene rings is 1. The third-order valence-electron chi connectivity index (χ3n) is 3.07. The summed E-state index contributed by atoms with van der Waals surface area (Å²) in [5.41, 5.74) is -0.189. The van der Waals surface area contributed by atoms with Crippen molar-refractivity contribution in [3.63, 3.8) is 0 Å². The summed E-state index contributed by atoms with van der Waals surface area (Å²) >= 11 is 0. The Morgan fingerprint density at radius 1 is 1.23 bits per heavy atom. The predicted molar refractivity (Wildman–Crippen MR) is 81.1 cm³/mol. The number of esters is 1. The summed E-state index contributed by atoms with van der Waals surface area (Å²) in [6.07, 6.45) is 0. The maximum Gasteiger partial charge on any atom is 0.317 e. The number of nitrogens with zero attached hydrogens (tertiary/aromatic N) is 1. The summed E-state index contributed by atoms with van der Waals surface area (Å²) in [6, 6.07) is 8.55. The zero-order valence-electron chi connectivity index (χ0n) is 13.2. The van der Waals surface area contributed by atoms with Gasteiger partial charge in [0.1, 0.15) is 17.3 Å². The lowest BCUT2D eigenvalue weighted by molar-refractivity contribution is -0.484. The SMILES string of the molecule is CC(=O)C(C(=O)OC(C)(C)C)C(C[N+](=O)[O-])c1ccccc1. The minimum atomic E-state index is -1.19. The van der Waals surface area contributed by atoms with Gasteiger partial charge in [-0.3, -0.25) is 19.7 Å². The van der Waals surface area contributed by atoms with E-state index < -0.39 is 40.7 Å². The zero-order chi connectivity index (χ0) is 16.9. The van der Waals surface area contributed by atoms with Crippen LogP contribution in [0.4, 0.5) is 0 Å². The van der Waals surface area contributed by atoms with E-state index in [1.165, 1.54) is 6.92 Å². The van der Waals surface area contributed by atoms with E-state index >= 15 is 0 Å². The summed E-state index contributed by atoms with van der Waals surface area (Å²) in [7, 11) is 0. The second-order valence-corrected chi connectivity index (χ2v) is 6.15. The van der Waals surface area contributed by atoms with E-state index in [-0.39, 0.29) is 0 Å². The third kappa shape index (κ3) is 5.27. The second kappa shape index (κ2) is 7.15. The minimum absolute atomic E-state index is 0.440.